The van der Waals surface area contributed by atoms with E-state index in [4.69, 9.17) is 6.58 Å². The van der Waals surface area contributed by atoms with Crippen LogP contribution in [0.15, 0.2) is 12.2 Å². The molecule has 0 aromatic carbocycles. The van der Waals surface area contributed by atoms with Crippen LogP contribution in [0.25, 0.3) is 0 Å². The Bertz CT molecular complexity index is 650. The van der Waals surface area contributed by atoms with Gasteiger partial charge in [0.05, 0.1) is 12.6 Å². The van der Waals surface area contributed by atoms with E-state index in [1.165, 1.54) is 51.1 Å². The van der Waals surface area contributed by atoms with Crippen LogP contribution in [0, 0.1) is 5.41 Å². The first-order valence-corrected chi connectivity index (χ1v) is 8.78. The van der Waals surface area contributed by atoms with Gasteiger partial charge in [0, 0.05) is 25.3 Å². The molecule has 4 rings (SSSR count). The Morgan fingerprint density at radius 3 is 2.91 bits per heavy atom. The Balaban J connectivity index is 1.45. The largest absolute Gasteiger partial charge is 0.294 e. The van der Waals surface area contributed by atoms with Crippen LogP contribution in [-0.4, -0.2) is 33.6 Å². The zero-order valence-corrected chi connectivity index (χ0v) is 13.5. The Kier molecular flexibility index (Phi) is 3.56. The zero-order chi connectivity index (χ0) is 16.7. The standard InChI is InChI=1S/C18H25N3O2/c22-17(20-23)14-8-13-4-7-21(12-16(13)19-11-14)15-9-18(10-15)5-2-1-3-6-18/h8,11,15,23H,1-7,9-10,12H2,(H,20,22)/i8D. The maximum atomic E-state index is 11.6. The number of fused-ring (bicyclic) bond motifs is 1. The summed E-state index contributed by atoms with van der Waals surface area (Å²) in [5.41, 5.74) is 4.15. The predicted molar refractivity (Wildman–Crippen MR) is 86.1 cm³/mol. The highest BCUT2D eigenvalue weighted by Gasteiger charge is 2.46. The number of amides is 1. The summed E-state index contributed by atoms with van der Waals surface area (Å²) in [6, 6.07) is 0.871. The van der Waals surface area contributed by atoms with Gasteiger partial charge >= 0.3 is 0 Å². The summed E-state index contributed by atoms with van der Waals surface area (Å²) in [4.78, 5) is 18.5. The van der Waals surface area contributed by atoms with E-state index in [2.05, 4.69) is 9.88 Å². The third-order valence-electron chi connectivity index (χ3n) is 6.10. The molecule has 5 heteroatoms. The van der Waals surface area contributed by atoms with E-state index >= 15 is 0 Å². The fourth-order valence-corrected chi connectivity index (χ4v) is 4.75. The normalized spacial score (nSPS) is 24.7. The van der Waals surface area contributed by atoms with Crippen molar-refractivity contribution in [2.24, 2.45) is 5.41 Å². The molecule has 1 aromatic rings. The van der Waals surface area contributed by atoms with Crippen molar-refractivity contribution < 1.29 is 11.4 Å². The molecular formula is C18H25N3O2. The van der Waals surface area contributed by atoms with Crippen LogP contribution in [-0.2, 0) is 13.0 Å². The Hall–Kier alpha value is -1.46. The van der Waals surface area contributed by atoms with Crippen molar-refractivity contribution in [1.29, 1.82) is 0 Å². The molecule has 5 nitrogen and oxygen atoms in total. The maximum absolute atomic E-state index is 11.6. The van der Waals surface area contributed by atoms with Crippen LogP contribution in [0.1, 0.15) is 67.9 Å². The molecule has 0 radical (unpaired) electrons. The lowest BCUT2D eigenvalue weighted by atomic mass is 9.58. The molecule has 23 heavy (non-hydrogen) atoms. The number of pyridine rings is 1. The summed E-state index contributed by atoms with van der Waals surface area (Å²) in [5.74, 6) is -0.657. The molecule has 2 fully saturated rings. The lowest BCUT2D eigenvalue weighted by molar-refractivity contribution is -0.0313. The van der Waals surface area contributed by atoms with Crippen LogP contribution in [0.5, 0.6) is 0 Å². The molecule has 2 heterocycles. The topological polar surface area (TPSA) is 65.5 Å². The quantitative estimate of drug-likeness (QED) is 0.650. The van der Waals surface area contributed by atoms with Gasteiger partial charge < -0.3 is 0 Å². The molecule has 0 atom stereocenters. The minimum Gasteiger partial charge on any atom is -0.294 e. The molecule has 124 valence electrons. The molecule has 2 aliphatic carbocycles. The van der Waals surface area contributed by atoms with Gasteiger partial charge in [-0.2, -0.15) is 0 Å². The lowest BCUT2D eigenvalue weighted by Gasteiger charge is -2.54. The minimum absolute atomic E-state index is 0.148. The smallest absolute Gasteiger partial charge is 0.276 e. The average molecular weight is 316 g/mol. The van der Waals surface area contributed by atoms with Gasteiger partial charge in [0.1, 0.15) is 0 Å². The SMILES string of the molecule is [2H]c1c(C(=O)NO)cnc2c1CCN(C1CC3(CCCCC3)C1)C2. The van der Waals surface area contributed by atoms with Crippen molar-refractivity contribution >= 4 is 5.91 Å². The Morgan fingerprint density at radius 1 is 1.39 bits per heavy atom. The molecule has 1 aromatic heterocycles. The molecule has 1 spiro atoms. The number of nitrogens with one attached hydrogen (secondary N) is 1. The minimum atomic E-state index is -0.657. The second-order valence-corrected chi connectivity index (χ2v) is 7.51. The van der Waals surface area contributed by atoms with Crippen molar-refractivity contribution in [1.82, 2.24) is 15.4 Å². The number of hydroxylamine groups is 1. The number of hydrogen-bond acceptors (Lipinski definition) is 4. The summed E-state index contributed by atoms with van der Waals surface area (Å²) in [7, 11) is 0. The third kappa shape index (κ3) is 2.76. The first-order chi connectivity index (χ1) is 11.6. The zero-order valence-electron chi connectivity index (χ0n) is 14.5. The van der Waals surface area contributed by atoms with E-state index in [1.807, 2.05) is 0 Å². The van der Waals surface area contributed by atoms with Crippen LogP contribution in [0.3, 0.4) is 0 Å². The van der Waals surface area contributed by atoms with Crippen molar-refractivity contribution in [3.05, 3.63) is 29.1 Å². The van der Waals surface area contributed by atoms with Gasteiger partial charge in [0.15, 0.2) is 0 Å². The summed E-state index contributed by atoms with van der Waals surface area (Å²) >= 11 is 0. The molecule has 0 unspecified atom stereocenters. The number of aromatic nitrogens is 1. The molecular weight excluding hydrogens is 290 g/mol. The van der Waals surface area contributed by atoms with Gasteiger partial charge in [0.25, 0.3) is 5.91 Å². The number of nitrogens with zero attached hydrogens (tertiary/aromatic N) is 2. The molecule has 0 bridgehead atoms. The monoisotopic (exact) mass is 316 g/mol. The van der Waals surface area contributed by atoms with Gasteiger partial charge in [-0.05, 0) is 49.1 Å². The highest BCUT2D eigenvalue weighted by atomic mass is 16.5. The highest BCUT2D eigenvalue weighted by molar-refractivity contribution is 5.93. The average Bonchev–Trinajstić information content (AvgIpc) is 2.59. The van der Waals surface area contributed by atoms with Gasteiger partial charge in [0.2, 0.25) is 0 Å². The summed E-state index contributed by atoms with van der Waals surface area (Å²) in [6.07, 6.45) is 11.8. The number of rotatable bonds is 2. The summed E-state index contributed by atoms with van der Waals surface area (Å²) in [5, 5.41) is 8.77. The van der Waals surface area contributed by atoms with E-state index in [1.54, 1.807) is 5.48 Å². The third-order valence-corrected chi connectivity index (χ3v) is 6.10. The molecule has 0 saturated heterocycles. The molecule has 2 saturated carbocycles. The predicted octanol–water partition coefficient (Wildman–Crippen LogP) is 2.67. The first-order valence-electron chi connectivity index (χ1n) is 9.28. The highest BCUT2D eigenvalue weighted by Crippen LogP contribution is 2.53. The van der Waals surface area contributed by atoms with E-state index < -0.39 is 5.91 Å². The first kappa shape index (κ1) is 13.9. The Labute approximate surface area is 138 Å². The number of hydrogen-bond donors (Lipinski definition) is 2. The lowest BCUT2D eigenvalue weighted by Crippen LogP contribution is -2.52. The van der Waals surface area contributed by atoms with Crippen molar-refractivity contribution in [3.8, 4) is 0 Å². The molecule has 2 N–H and O–H groups in total. The van der Waals surface area contributed by atoms with Crippen molar-refractivity contribution in [2.45, 2.75) is 64.0 Å². The maximum Gasteiger partial charge on any atom is 0.276 e. The van der Waals surface area contributed by atoms with Gasteiger partial charge in [-0.15, -0.1) is 0 Å². The molecule has 3 aliphatic rings. The fourth-order valence-electron chi connectivity index (χ4n) is 4.75. The van der Waals surface area contributed by atoms with Crippen LogP contribution < -0.4 is 5.48 Å². The van der Waals surface area contributed by atoms with Gasteiger partial charge in [-0.25, -0.2) is 5.48 Å². The summed E-state index contributed by atoms with van der Waals surface area (Å²) in [6.45, 7) is 1.72. The van der Waals surface area contributed by atoms with E-state index in [0.29, 0.717) is 11.5 Å². The number of carbonyl (C=O) groups is 1. The van der Waals surface area contributed by atoms with Crippen molar-refractivity contribution in [2.75, 3.05) is 6.54 Å². The number of carbonyl (C=O) groups excluding carboxylic acids is 1. The van der Waals surface area contributed by atoms with Gasteiger partial charge in [-0.3, -0.25) is 19.9 Å². The van der Waals surface area contributed by atoms with Crippen LogP contribution >= 0.6 is 0 Å². The fraction of sp³-hybridized carbons (Fsp3) is 0.667. The van der Waals surface area contributed by atoms with Crippen molar-refractivity contribution in [3.63, 3.8) is 0 Å². The molecule has 1 amide bonds. The van der Waals surface area contributed by atoms with Crippen LogP contribution in [0.2, 0.25) is 0 Å². The second kappa shape index (κ2) is 5.87. The summed E-state index contributed by atoms with van der Waals surface area (Å²) < 4.78 is 8.22. The van der Waals surface area contributed by atoms with E-state index in [0.717, 1.165) is 30.8 Å². The van der Waals surface area contributed by atoms with E-state index in [9.17, 15) is 4.79 Å². The van der Waals surface area contributed by atoms with E-state index in [-0.39, 0.29) is 11.6 Å². The van der Waals surface area contributed by atoms with Crippen LogP contribution in [0.4, 0.5) is 0 Å². The Morgan fingerprint density at radius 2 is 2.17 bits per heavy atom. The molecule has 1 aliphatic heterocycles. The van der Waals surface area contributed by atoms with Gasteiger partial charge in [-0.1, -0.05) is 19.3 Å². The second-order valence-electron chi connectivity index (χ2n) is 7.51.